The normalized spacial score (nSPS) is 23.0. The van der Waals surface area contributed by atoms with Crippen molar-refractivity contribution in [2.75, 3.05) is 19.8 Å². The van der Waals surface area contributed by atoms with Crippen molar-refractivity contribution < 1.29 is 9.53 Å². The molecule has 1 saturated heterocycles. The van der Waals surface area contributed by atoms with E-state index in [0.717, 1.165) is 13.2 Å². The maximum atomic E-state index is 11.4. The third-order valence-corrected chi connectivity index (χ3v) is 1.93. The van der Waals surface area contributed by atoms with Gasteiger partial charge in [0.2, 0.25) is 5.91 Å². The van der Waals surface area contributed by atoms with Crippen LogP contribution in [0, 0.1) is 0 Å². The van der Waals surface area contributed by atoms with Gasteiger partial charge >= 0.3 is 0 Å². The molecule has 0 radical (unpaired) electrons. The summed E-state index contributed by atoms with van der Waals surface area (Å²) in [7, 11) is 0. The Hall–Kier alpha value is -0.870. The van der Waals surface area contributed by atoms with E-state index in [-0.39, 0.29) is 17.5 Å². The summed E-state index contributed by atoms with van der Waals surface area (Å²) in [6, 6.07) is 0.157. The lowest BCUT2D eigenvalue weighted by atomic mass is 10.1. The van der Waals surface area contributed by atoms with Gasteiger partial charge in [0.1, 0.15) is 0 Å². The average molecular weight is 212 g/mol. The van der Waals surface area contributed by atoms with E-state index in [0.29, 0.717) is 6.61 Å². The summed E-state index contributed by atoms with van der Waals surface area (Å²) in [5.41, 5.74) is -0.183. The predicted octanol–water partition coefficient (Wildman–Crippen LogP) is 0.446. The fourth-order valence-electron chi connectivity index (χ4n) is 1.32. The number of carbonyl (C=O) groups is 1. The lowest BCUT2D eigenvalue weighted by molar-refractivity contribution is -0.117. The number of rotatable bonds is 2. The van der Waals surface area contributed by atoms with Gasteiger partial charge < -0.3 is 15.4 Å². The van der Waals surface area contributed by atoms with Crippen LogP contribution in [0.15, 0.2) is 12.2 Å². The van der Waals surface area contributed by atoms with Crippen LogP contribution >= 0.6 is 0 Å². The van der Waals surface area contributed by atoms with Crippen molar-refractivity contribution in [3.8, 4) is 0 Å². The Labute approximate surface area is 91.1 Å². The molecule has 0 aromatic rings. The van der Waals surface area contributed by atoms with Gasteiger partial charge in [0.05, 0.1) is 13.2 Å². The fraction of sp³-hybridized carbons (Fsp3) is 0.727. The minimum Gasteiger partial charge on any atom is -0.378 e. The highest BCUT2D eigenvalue weighted by Crippen LogP contribution is 1.99. The zero-order valence-electron chi connectivity index (χ0n) is 9.67. The molecule has 4 heteroatoms. The Morgan fingerprint density at radius 2 is 2.27 bits per heavy atom. The van der Waals surface area contributed by atoms with Gasteiger partial charge in [-0.1, -0.05) is 6.08 Å². The van der Waals surface area contributed by atoms with Crippen molar-refractivity contribution in [2.24, 2.45) is 0 Å². The van der Waals surface area contributed by atoms with Gasteiger partial charge in [-0.2, -0.15) is 0 Å². The molecular formula is C11H20N2O2. The summed E-state index contributed by atoms with van der Waals surface area (Å²) in [6.45, 7) is 8.11. The molecule has 1 aliphatic heterocycles. The van der Waals surface area contributed by atoms with Gasteiger partial charge in [0, 0.05) is 24.2 Å². The second kappa shape index (κ2) is 5.28. The third-order valence-electron chi connectivity index (χ3n) is 1.93. The van der Waals surface area contributed by atoms with Crippen LogP contribution in [0.1, 0.15) is 20.8 Å². The highest BCUT2D eigenvalue weighted by atomic mass is 16.5. The fourth-order valence-corrected chi connectivity index (χ4v) is 1.32. The zero-order chi connectivity index (χ0) is 11.3. The molecular weight excluding hydrogens is 192 g/mol. The highest BCUT2D eigenvalue weighted by Gasteiger charge is 2.13. The zero-order valence-corrected chi connectivity index (χ0v) is 9.67. The summed E-state index contributed by atoms with van der Waals surface area (Å²) in [5.74, 6) is -0.0603. The first-order valence-electron chi connectivity index (χ1n) is 5.29. The molecule has 1 unspecified atom stereocenters. The number of amides is 1. The molecule has 86 valence electrons. The van der Waals surface area contributed by atoms with Crippen LogP contribution in [0.25, 0.3) is 0 Å². The Bertz CT molecular complexity index is 237. The molecule has 1 rings (SSSR count). The van der Waals surface area contributed by atoms with Gasteiger partial charge in [-0.3, -0.25) is 4.79 Å². The molecule has 1 amide bonds. The summed E-state index contributed by atoms with van der Waals surface area (Å²) in [6.07, 6.45) is 3.41. The van der Waals surface area contributed by atoms with E-state index in [9.17, 15) is 4.79 Å². The molecule has 0 aromatic heterocycles. The van der Waals surface area contributed by atoms with Gasteiger partial charge in [-0.05, 0) is 20.8 Å². The Kier molecular flexibility index (Phi) is 4.29. The largest absolute Gasteiger partial charge is 0.378 e. The minimum atomic E-state index is -0.183. The van der Waals surface area contributed by atoms with Crippen molar-refractivity contribution in [1.29, 1.82) is 0 Å². The number of morpholine rings is 1. The minimum absolute atomic E-state index is 0.0603. The second-order valence-electron chi connectivity index (χ2n) is 4.73. The van der Waals surface area contributed by atoms with Crippen molar-refractivity contribution in [1.82, 2.24) is 10.6 Å². The first-order valence-corrected chi connectivity index (χ1v) is 5.29. The molecule has 1 heterocycles. The van der Waals surface area contributed by atoms with Crippen molar-refractivity contribution in [2.45, 2.75) is 32.4 Å². The molecule has 0 saturated carbocycles. The van der Waals surface area contributed by atoms with Crippen LogP contribution in [0.5, 0.6) is 0 Å². The van der Waals surface area contributed by atoms with Crippen LogP contribution in [-0.4, -0.2) is 37.2 Å². The number of ether oxygens (including phenoxy) is 1. The average Bonchev–Trinajstić information content (AvgIpc) is 2.14. The Balaban J connectivity index is 2.33. The number of hydrogen-bond donors (Lipinski definition) is 2. The lowest BCUT2D eigenvalue weighted by Gasteiger charge is -2.21. The number of carbonyl (C=O) groups excluding carboxylic acids is 1. The second-order valence-corrected chi connectivity index (χ2v) is 4.73. The molecule has 1 atom stereocenters. The topological polar surface area (TPSA) is 50.4 Å². The summed E-state index contributed by atoms with van der Waals surface area (Å²) < 4.78 is 5.27. The molecule has 1 aliphatic rings. The van der Waals surface area contributed by atoms with Crippen LogP contribution in [0.4, 0.5) is 0 Å². The molecule has 0 bridgehead atoms. The SMILES string of the molecule is CC(C)(C)NC(=O)/C=C/C1COCCN1. The molecule has 0 aliphatic carbocycles. The molecule has 4 nitrogen and oxygen atoms in total. The van der Waals surface area contributed by atoms with E-state index >= 15 is 0 Å². The molecule has 15 heavy (non-hydrogen) atoms. The quantitative estimate of drug-likeness (QED) is 0.653. The Morgan fingerprint density at radius 1 is 1.53 bits per heavy atom. The monoisotopic (exact) mass is 212 g/mol. The highest BCUT2D eigenvalue weighted by molar-refractivity contribution is 5.88. The van der Waals surface area contributed by atoms with Gasteiger partial charge in [-0.15, -0.1) is 0 Å². The standard InChI is InChI=1S/C11H20N2O2/c1-11(2,3)13-10(14)5-4-9-8-15-7-6-12-9/h4-5,9,12H,6-8H2,1-3H3,(H,13,14)/b5-4+. The van der Waals surface area contributed by atoms with Gasteiger partial charge in [0.25, 0.3) is 0 Å². The van der Waals surface area contributed by atoms with E-state index in [1.807, 2.05) is 26.8 Å². The predicted molar refractivity (Wildman–Crippen MR) is 59.6 cm³/mol. The van der Waals surface area contributed by atoms with E-state index in [1.54, 1.807) is 6.08 Å². The van der Waals surface area contributed by atoms with Crippen LogP contribution < -0.4 is 10.6 Å². The third kappa shape index (κ3) is 5.54. The van der Waals surface area contributed by atoms with Crippen molar-refractivity contribution in [3.05, 3.63) is 12.2 Å². The Morgan fingerprint density at radius 3 is 2.80 bits per heavy atom. The molecule has 0 spiro atoms. The van der Waals surface area contributed by atoms with Crippen molar-refractivity contribution >= 4 is 5.91 Å². The number of hydrogen-bond acceptors (Lipinski definition) is 3. The summed E-state index contributed by atoms with van der Waals surface area (Å²) >= 11 is 0. The molecule has 1 fully saturated rings. The van der Waals surface area contributed by atoms with E-state index in [2.05, 4.69) is 10.6 Å². The van der Waals surface area contributed by atoms with Gasteiger partial charge in [0.15, 0.2) is 0 Å². The maximum Gasteiger partial charge on any atom is 0.244 e. The van der Waals surface area contributed by atoms with E-state index < -0.39 is 0 Å². The maximum absolute atomic E-state index is 11.4. The van der Waals surface area contributed by atoms with Crippen LogP contribution in [0.2, 0.25) is 0 Å². The van der Waals surface area contributed by atoms with Crippen LogP contribution in [0.3, 0.4) is 0 Å². The molecule has 0 aromatic carbocycles. The summed E-state index contributed by atoms with van der Waals surface area (Å²) in [5, 5.41) is 6.11. The van der Waals surface area contributed by atoms with Crippen LogP contribution in [-0.2, 0) is 9.53 Å². The molecule has 2 N–H and O–H groups in total. The summed E-state index contributed by atoms with van der Waals surface area (Å²) in [4.78, 5) is 11.4. The van der Waals surface area contributed by atoms with Crippen molar-refractivity contribution in [3.63, 3.8) is 0 Å². The van der Waals surface area contributed by atoms with E-state index in [1.165, 1.54) is 0 Å². The first-order chi connectivity index (χ1) is 6.97. The smallest absolute Gasteiger partial charge is 0.244 e. The van der Waals surface area contributed by atoms with Gasteiger partial charge in [-0.25, -0.2) is 0 Å². The van der Waals surface area contributed by atoms with E-state index in [4.69, 9.17) is 4.74 Å². The lowest BCUT2D eigenvalue weighted by Crippen LogP contribution is -2.41. The number of nitrogens with one attached hydrogen (secondary N) is 2. The first kappa shape index (κ1) is 12.2.